The maximum Gasteiger partial charge on any atom is 0.258 e. The normalized spacial score (nSPS) is 13.0. The number of sulfonamides is 1. The highest BCUT2D eigenvalue weighted by atomic mass is 32.2. The van der Waals surface area contributed by atoms with E-state index in [0.29, 0.717) is 17.8 Å². The van der Waals surface area contributed by atoms with Gasteiger partial charge in [-0.3, -0.25) is 9.59 Å². The van der Waals surface area contributed by atoms with Crippen LogP contribution in [0.4, 0.5) is 11.4 Å². The van der Waals surface area contributed by atoms with Gasteiger partial charge >= 0.3 is 0 Å². The number of carbonyl (C=O) groups excluding carboxylic acids is 2. The molecular formula is C25H25N3O4S. The quantitative estimate of drug-likeness (QED) is 0.584. The summed E-state index contributed by atoms with van der Waals surface area (Å²) in [7, 11) is -3.74. The van der Waals surface area contributed by atoms with Crippen molar-refractivity contribution in [1.82, 2.24) is 4.72 Å². The molecule has 0 bridgehead atoms. The number of fused-ring (bicyclic) bond motifs is 1. The lowest BCUT2D eigenvalue weighted by atomic mass is 10.1. The van der Waals surface area contributed by atoms with Crippen molar-refractivity contribution in [3.63, 3.8) is 0 Å². The van der Waals surface area contributed by atoms with Crippen molar-refractivity contribution < 1.29 is 18.0 Å². The van der Waals surface area contributed by atoms with E-state index in [1.807, 2.05) is 49.4 Å². The first-order valence-corrected chi connectivity index (χ1v) is 12.1. The molecule has 4 rings (SSSR count). The number of amides is 2. The van der Waals surface area contributed by atoms with Crippen molar-refractivity contribution in [2.24, 2.45) is 0 Å². The Labute approximate surface area is 193 Å². The third-order valence-corrected chi connectivity index (χ3v) is 7.03. The summed E-state index contributed by atoms with van der Waals surface area (Å²) in [5, 5.41) is 2.61. The van der Waals surface area contributed by atoms with E-state index in [2.05, 4.69) is 10.0 Å². The fourth-order valence-electron chi connectivity index (χ4n) is 3.89. The van der Waals surface area contributed by atoms with E-state index in [1.165, 1.54) is 19.1 Å². The van der Waals surface area contributed by atoms with Crippen molar-refractivity contribution in [1.29, 1.82) is 0 Å². The number of benzene rings is 3. The Bertz CT molecular complexity index is 1320. The molecule has 0 atom stereocenters. The fraction of sp³-hybridized carbons (Fsp3) is 0.200. The molecule has 33 heavy (non-hydrogen) atoms. The van der Waals surface area contributed by atoms with Crippen LogP contribution in [-0.2, 0) is 27.8 Å². The fourth-order valence-corrected chi connectivity index (χ4v) is 4.90. The van der Waals surface area contributed by atoms with Crippen molar-refractivity contribution in [3.8, 4) is 0 Å². The van der Waals surface area contributed by atoms with Crippen LogP contribution in [0.2, 0.25) is 0 Å². The predicted octanol–water partition coefficient (Wildman–Crippen LogP) is 3.63. The second-order valence-corrected chi connectivity index (χ2v) is 9.78. The maximum atomic E-state index is 13.1. The number of aryl methyl sites for hydroxylation is 1. The minimum Gasteiger partial charge on any atom is -0.326 e. The number of hydrogen-bond donors (Lipinski definition) is 2. The first-order valence-electron chi connectivity index (χ1n) is 10.6. The zero-order chi connectivity index (χ0) is 23.6. The monoisotopic (exact) mass is 463 g/mol. The number of nitrogens with one attached hydrogen (secondary N) is 2. The lowest BCUT2D eigenvalue weighted by molar-refractivity contribution is -0.114. The summed E-state index contributed by atoms with van der Waals surface area (Å²) in [5.74, 6) is -0.279. The Morgan fingerprint density at radius 3 is 2.42 bits per heavy atom. The molecule has 3 aromatic rings. The maximum absolute atomic E-state index is 13.1. The molecule has 0 saturated heterocycles. The van der Waals surface area contributed by atoms with Gasteiger partial charge in [-0.25, -0.2) is 13.1 Å². The van der Waals surface area contributed by atoms with Crippen molar-refractivity contribution in [2.75, 3.05) is 16.8 Å². The average Bonchev–Trinajstić information content (AvgIpc) is 3.21. The molecule has 0 fully saturated rings. The topological polar surface area (TPSA) is 95.6 Å². The van der Waals surface area contributed by atoms with E-state index in [0.717, 1.165) is 28.8 Å². The molecule has 0 spiro atoms. The highest BCUT2D eigenvalue weighted by molar-refractivity contribution is 7.89. The van der Waals surface area contributed by atoms with E-state index >= 15 is 0 Å². The molecule has 0 saturated carbocycles. The van der Waals surface area contributed by atoms with Gasteiger partial charge in [0.05, 0.1) is 4.90 Å². The molecule has 0 radical (unpaired) electrons. The summed E-state index contributed by atoms with van der Waals surface area (Å²) >= 11 is 0. The molecule has 170 valence electrons. The lowest BCUT2D eigenvalue weighted by Gasteiger charge is -2.19. The smallest absolute Gasteiger partial charge is 0.258 e. The minimum atomic E-state index is -3.74. The summed E-state index contributed by atoms with van der Waals surface area (Å²) in [4.78, 5) is 26.1. The molecule has 8 heteroatoms. The van der Waals surface area contributed by atoms with Crippen LogP contribution in [0, 0.1) is 6.92 Å². The number of anilines is 2. The van der Waals surface area contributed by atoms with Gasteiger partial charge in [0.25, 0.3) is 5.91 Å². The Morgan fingerprint density at radius 2 is 1.73 bits per heavy atom. The molecule has 0 aliphatic carbocycles. The van der Waals surface area contributed by atoms with Crippen LogP contribution in [0.5, 0.6) is 0 Å². The number of rotatable bonds is 6. The van der Waals surface area contributed by atoms with Gasteiger partial charge in [0.15, 0.2) is 0 Å². The van der Waals surface area contributed by atoms with Gasteiger partial charge in [-0.15, -0.1) is 0 Å². The molecule has 1 heterocycles. The van der Waals surface area contributed by atoms with Crippen LogP contribution in [0.25, 0.3) is 0 Å². The zero-order valence-electron chi connectivity index (χ0n) is 18.5. The second kappa shape index (κ2) is 9.17. The molecule has 2 N–H and O–H groups in total. The van der Waals surface area contributed by atoms with E-state index < -0.39 is 10.0 Å². The summed E-state index contributed by atoms with van der Waals surface area (Å²) < 4.78 is 28.0. The van der Waals surface area contributed by atoms with E-state index in [-0.39, 0.29) is 23.3 Å². The number of hydrogen-bond acceptors (Lipinski definition) is 4. The Kier molecular flexibility index (Phi) is 6.31. The Hall–Kier alpha value is -3.49. The first-order chi connectivity index (χ1) is 15.7. The van der Waals surface area contributed by atoms with Gasteiger partial charge in [-0.2, -0.15) is 0 Å². The van der Waals surface area contributed by atoms with E-state index in [4.69, 9.17) is 0 Å². The SMILES string of the molecule is CC(=O)Nc1ccc(S(=O)(=O)NCc2ccc3c(c2)N(C(=O)c2ccccc2C)CC3)cc1. The van der Waals surface area contributed by atoms with Crippen LogP contribution in [0.1, 0.15) is 34.0 Å². The van der Waals surface area contributed by atoms with Crippen LogP contribution in [0.15, 0.2) is 71.6 Å². The molecule has 0 aromatic heterocycles. The van der Waals surface area contributed by atoms with Gasteiger partial charge in [-0.05, 0) is 66.4 Å². The van der Waals surface area contributed by atoms with Gasteiger partial charge in [0.1, 0.15) is 0 Å². The molecule has 0 unspecified atom stereocenters. The zero-order valence-corrected chi connectivity index (χ0v) is 19.3. The summed E-state index contributed by atoms with van der Waals surface area (Å²) in [5.41, 5.74) is 4.76. The first kappa shape index (κ1) is 22.7. The van der Waals surface area contributed by atoms with Crippen LogP contribution >= 0.6 is 0 Å². The minimum absolute atomic E-state index is 0.0520. The van der Waals surface area contributed by atoms with Crippen molar-refractivity contribution in [3.05, 3.63) is 89.0 Å². The largest absolute Gasteiger partial charge is 0.326 e. The molecule has 1 aliphatic heterocycles. The average molecular weight is 464 g/mol. The van der Waals surface area contributed by atoms with E-state index in [9.17, 15) is 18.0 Å². The molecular weight excluding hydrogens is 438 g/mol. The molecule has 2 amide bonds. The molecule has 1 aliphatic rings. The third-order valence-electron chi connectivity index (χ3n) is 5.62. The Morgan fingerprint density at radius 1 is 1.00 bits per heavy atom. The highest BCUT2D eigenvalue weighted by Gasteiger charge is 2.26. The Balaban J connectivity index is 1.49. The summed E-state index contributed by atoms with van der Waals surface area (Å²) in [6.45, 7) is 3.99. The summed E-state index contributed by atoms with van der Waals surface area (Å²) in [6, 6.07) is 19.2. The molecule has 7 nitrogen and oxygen atoms in total. The lowest BCUT2D eigenvalue weighted by Crippen LogP contribution is -2.29. The van der Waals surface area contributed by atoms with Crippen LogP contribution in [0.3, 0.4) is 0 Å². The van der Waals surface area contributed by atoms with Crippen molar-refractivity contribution in [2.45, 2.75) is 31.7 Å². The van der Waals surface area contributed by atoms with Crippen LogP contribution < -0.4 is 14.9 Å². The van der Waals surface area contributed by atoms with Crippen molar-refractivity contribution >= 4 is 33.2 Å². The van der Waals surface area contributed by atoms with Gasteiger partial charge in [-0.1, -0.05) is 30.3 Å². The highest BCUT2D eigenvalue weighted by Crippen LogP contribution is 2.31. The third kappa shape index (κ3) is 4.97. The number of carbonyl (C=O) groups is 2. The second-order valence-electron chi connectivity index (χ2n) is 8.01. The van der Waals surface area contributed by atoms with Crippen LogP contribution in [-0.4, -0.2) is 26.8 Å². The number of nitrogens with zero attached hydrogens (tertiary/aromatic N) is 1. The van der Waals surface area contributed by atoms with Gasteiger partial charge in [0, 0.05) is 37.0 Å². The van der Waals surface area contributed by atoms with E-state index in [1.54, 1.807) is 17.0 Å². The predicted molar refractivity (Wildman–Crippen MR) is 128 cm³/mol. The molecule has 3 aromatic carbocycles. The summed E-state index contributed by atoms with van der Waals surface area (Å²) in [6.07, 6.45) is 0.764. The van der Waals surface area contributed by atoms with Gasteiger partial charge in [0.2, 0.25) is 15.9 Å². The standard InChI is InChI=1S/C25H25N3O4S/c1-17-5-3-4-6-23(17)25(30)28-14-13-20-8-7-19(15-24(20)28)16-26-33(31,32)22-11-9-21(10-12-22)27-18(2)29/h3-12,15,26H,13-14,16H2,1-2H3,(H,27,29). The van der Waals surface area contributed by atoms with Gasteiger partial charge < -0.3 is 10.2 Å².